The predicted molar refractivity (Wildman–Crippen MR) is 103 cm³/mol. The molecule has 1 aromatic heterocycles. The van der Waals surface area contributed by atoms with E-state index in [2.05, 4.69) is 0 Å². The smallest absolute Gasteiger partial charge is 0.179 e. The fourth-order valence-corrected chi connectivity index (χ4v) is 4.09. The zero-order valence-corrected chi connectivity index (χ0v) is 16.6. The molecule has 3 rings (SSSR count). The van der Waals surface area contributed by atoms with Crippen LogP contribution < -0.4 is 9.47 Å². The first-order valence-corrected chi connectivity index (χ1v) is 10.2. The van der Waals surface area contributed by atoms with E-state index in [9.17, 15) is 8.42 Å². The van der Waals surface area contributed by atoms with Gasteiger partial charge in [-0.1, -0.05) is 6.07 Å². The van der Waals surface area contributed by atoms with E-state index >= 15 is 0 Å². The Morgan fingerprint density at radius 3 is 2.33 bits per heavy atom. The summed E-state index contributed by atoms with van der Waals surface area (Å²) < 4.78 is 46.8. The molecule has 0 amide bonds. The largest absolute Gasteiger partial charge is 0.493 e. The molecule has 0 saturated heterocycles. The minimum Gasteiger partial charge on any atom is -0.493 e. The van der Waals surface area contributed by atoms with Crippen LogP contribution in [-0.4, -0.2) is 42.6 Å². The van der Waals surface area contributed by atoms with E-state index < -0.39 is 9.84 Å². The summed E-state index contributed by atoms with van der Waals surface area (Å²) in [5.41, 5.74) is 2.10. The van der Waals surface area contributed by atoms with Gasteiger partial charge in [-0.2, -0.15) is 0 Å². The zero-order chi connectivity index (χ0) is 19.6. The van der Waals surface area contributed by atoms with Gasteiger partial charge in [0.1, 0.15) is 10.5 Å². The molecule has 0 fully saturated rings. The van der Waals surface area contributed by atoms with Gasteiger partial charge in [0, 0.05) is 24.3 Å². The van der Waals surface area contributed by atoms with Crippen molar-refractivity contribution in [1.29, 1.82) is 0 Å². The molecule has 0 bridgehead atoms. The van der Waals surface area contributed by atoms with Gasteiger partial charge < -0.3 is 18.6 Å². The maximum atomic E-state index is 12.6. The van der Waals surface area contributed by atoms with Gasteiger partial charge in [-0.05, 0) is 42.3 Å². The summed E-state index contributed by atoms with van der Waals surface area (Å²) in [5, 5.41) is 0.566. The summed E-state index contributed by atoms with van der Waals surface area (Å²) in [6.45, 7) is 0.556. The molecule has 0 radical (unpaired) electrons. The lowest BCUT2D eigenvalue weighted by molar-refractivity contribution is 0.202. The van der Waals surface area contributed by atoms with E-state index in [1.54, 1.807) is 38.5 Å². The van der Waals surface area contributed by atoms with E-state index in [4.69, 9.17) is 18.6 Å². The number of fused-ring (bicyclic) bond motifs is 1. The molecule has 0 spiro atoms. The van der Waals surface area contributed by atoms with Crippen LogP contribution in [0.2, 0.25) is 0 Å². The van der Waals surface area contributed by atoms with Crippen molar-refractivity contribution in [3.8, 4) is 22.8 Å². The van der Waals surface area contributed by atoms with E-state index in [1.807, 2.05) is 12.1 Å². The highest BCUT2D eigenvalue weighted by atomic mass is 32.2. The van der Waals surface area contributed by atoms with Gasteiger partial charge in [0.05, 0.1) is 20.8 Å². The molecule has 0 saturated carbocycles. The highest BCUT2D eigenvalue weighted by Crippen LogP contribution is 2.40. The molecule has 6 nitrogen and oxygen atoms in total. The van der Waals surface area contributed by atoms with Crippen molar-refractivity contribution < 1.29 is 27.0 Å². The summed E-state index contributed by atoms with van der Waals surface area (Å²) in [6.07, 6.45) is 1.87. The van der Waals surface area contributed by atoms with Crippen LogP contribution in [0.5, 0.6) is 11.5 Å². The average molecular weight is 390 g/mol. The van der Waals surface area contributed by atoms with Gasteiger partial charge in [0.15, 0.2) is 27.1 Å². The Labute approximate surface area is 158 Å². The molecule has 0 aliphatic carbocycles. The van der Waals surface area contributed by atoms with Crippen molar-refractivity contribution in [3.63, 3.8) is 0 Å². The van der Waals surface area contributed by atoms with Crippen molar-refractivity contribution in [3.05, 3.63) is 42.0 Å². The molecule has 1 heterocycles. The number of sulfone groups is 1. The second-order valence-corrected chi connectivity index (χ2v) is 8.13. The molecular formula is C20H22O6S. The molecule has 27 heavy (non-hydrogen) atoms. The SMILES string of the molecule is COCCc1ccc2oc(-c3ccc(OC)c(OC)c3)c(S(C)(=O)=O)c2c1. The fraction of sp³-hybridized carbons (Fsp3) is 0.300. The van der Waals surface area contributed by atoms with Crippen LogP contribution in [0.1, 0.15) is 5.56 Å². The van der Waals surface area contributed by atoms with Crippen molar-refractivity contribution >= 4 is 20.8 Å². The van der Waals surface area contributed by atoms with E-state index in [0.29, 0.717) is 41.1 Å². The van der Waals surface area contributed by atoms with Gasteiger partial charge >= 0.3 is 0 Å². The van der Waals surface area contributed by atoms with Crippen LogP contribution in [0.25, 0.3) is 22.3 Å². The Hall–Kier alpha value is -2.51. The Morgan fingerprint density at radius 2 is 1.70 bits per heavy atom. The minimum atomic E-state index is -3.53. The summed E-state index contributed by atoms with van der Waals surface area (Å²) in [4.78, 5) is 0.170. The van der Waals surface area contributed by atoms with Crippen molar-refractivity contribution in [2.75, 3.05) is 34.2 Å². The van der Waals surface area contributed by atoms with Crippen molar-refractivity contribution in [2.24, 2.45) is 0 Å². The van der Waals surface area contributed by atoms with Crippen LogP contribution in [0, 0.1) is 0 Å². The highest BCUT2D eigenvalue weighted by Gasteiger charge is 2.25. The first-order valence-electron chi connectivity index (χ1n) is 8.36. The van der Waals surface area contributed by atoms with Crippen LogP contribution in [-0.2, 0) is 21.0 Å². The third kappa shape index (κ3) is 3.79. The Balaban J connectivity index is 2.24. The Morgan fingerprint density at radius 1 is 0.963 bits per heavy atom. The maximum Gasteiger partial charge on any atom is 0.179 e. The van der Waals surface area contributed by atoms with E-state index in [0.717, 1.165) is 5.56 Å². The summed E-state index contributed by atoms with van der Waals surface area (Å²) in [5.74, 6) is 1.34. The van der Waals surface area contributed by atoms with Crippen LogP contribution in [0.3, 0.4) is 0 Å². The van der Waals surface area contributed by atoms with Gasteiger partial charge in [-0.25, -0.2) is 8.42 Å². The predicted octanol–water partition coefficient (Wildman–Crippen LogP) is 3.71. The molecule has 0 atom stereocenters. The average Bonchev–Trinajstić information content (AvgIpc) is 3.04. The monoisotopic (exact) mass is 390 g/mol. The van der Waals surface area contributed by atoms with Gasteiger partial charge in [0.25, 0.3) is 0 Å². The molecule has 0 aliphatic rings. The molecule has 3 aromatic rings. The molecule has 2 aromatic carbocycles. The number of methoxy groups -OCH3 is 3. The van der Waals surface area contributed by atoms with Crippen LogP contribution in [0.15, 0.2) is 45.7 Å². The molecular weight excluding hydrogens is 368 g/mol. The molecule has 7 heteroatoms. The van der Waals surface area contributed by atoms with E-state index in [1.165, 1.54) is 13.4 Å². The highest BCUT2D eigenvalue weighted by molar-refractivity contribution is 7.91. The topological polar surface area (TPSA) is 75.0 Å². The number of hydrogen-bond donors (Lipinski definition) is 0. The number of hydrogen-bond acceptors (Lipinski definition) is 6. The molecule has 0 N–H and O–H groups in total. The first kappa shape index (κ1) is 19.3. The summed E-state index contributed by atoms with van der Waals surface area (Å²) in [6, 6.07) is 10.7. The normalized spacial score (nSPS) is 11.7. The second-order valence-electron chi connectivity index (χ2n) is 6.18. The first-order chi connectivity index (χ1) is 12.9. The maximum absolute atomic E-state index is 12.6. The lowest BCUT2D eigenvalue weighted by atomic mass is 10.1. The third-order valence-electron chi connectivity index (χ3n) is 4.32. The molecule has 0 unspecified atom stereocenters. The zero-order valence-electron chi connectivity index (χ0n) is 15.7. The summed E-state index contributed by atoms with van der Waals surface area (Å²) >= 11 is 0. The summed E-state index contributed by atoms with van der Waals surface area (Å²) in [7, 11) is 1.17. The standard InChI is InChI=1S/C20H22O6S/c1-23-10-9-13-5-7-16-15(11-13)20(27(4,21)22)19(26-16)14-6-8-17(24-2)18(12-14)25-3/h5-8,11-12H,9-10H2,1-4H3. The van der Waals surface area contributed by atoms with Crippen LogP contribution >= 0.6 is 0 Å². The lowest BCUT2D eigenvalue weighted by Gasteiger charge is -2.09. The Kier molecular flexibility index (Phi) is 5.43. The lowest BCUT2D eigenvalue weighted by Crippen LogP contribution is -1.99. The number of furan rings is 1. The Bertz CT molecular complexity index is 1070. The van der Waals surface area contributed by atoms with Crippen molar-refractivity contribution in [2.45, 2.75) is 11.3 Å². The van der Waals surface area contributed by atoms with Crippen molar-refractivity contribution in [1.82, 2.24) is 0 Å². The second kappa shape index (κ2) is 7.62. The van der Waals surface area contributed by atoms with Gasteiger partial charge in [-0.15, -0.1) is 0 Å². The number of rotatable bonds is 7. The van der Waals surface area contributed by atoms with Crippen LogP contribution in [0.4, 0.5) is 0 Å². The number of benzene rings is 2. The van der Waals surface area contributed by atoms with Gasteiger partial charge in [-0.3, -0.25) is 0 Å². The van der Waals surface area contributed by atoms with Gasteiger partial charge in [0.2, 0.25) is 0 Å². The minimum absolute atomic E-state index is 0.170. The fourth-order valence-electron chi connectivity index (χ4n) is 3.03. The molecule has 0 aliphatic heterocycles. The van der Waals surface area contributed by atoms with E-state index in [-0.39, 0.29) is 10.7 Å². The molecule has 144 valence electrons. The third-order valence-corrected chi connectivity index (χ3v) is 5.47. The quantitative estimate of drug-likeness (QED) is 0.612. The number of ether oxygens (including phenoxy) is 3.